The predicted molar refractivity (Wildman–Crippen MR) is 70.3 cm³/mol. The third kappa shape index (κ3) is 2.21. The van der Waals surface area contributed by atoms with Gasteiger partial charge in [0.1, 0.15) is 0 Å². The summed E-state index contributed by atoms with van der Waals surface area (Å²) in [5, 5.41) is 8.97. The van der Waals surface area contributed by atoms with Gasteiger partial charge in [-0.25, -0.2) is 9.78 Å². The van der Waals surface area contributed by atoms with Crippen LogP contribution in [0, 0.1) is 0 Å². The zero-order chi connectivity index (χ0) is 13.5. The molecular formula is C14H16N2O3. The van der Waals surface area contributed by atoms with Crippen LogP contribution in [0.2, 0.25) is 0 Å². The second-order valence-electron chi connectivity index (χ2n) is 5.28. The maximum Gasteiger partial charge on any atom is 0.335 e. The number of carbonyl (C=O) groups is 1. The molecule has 0 amide bonds. The van der Waals surface area contributed by atoms with Gasteiger partial charge in [-0.3, -0.25) is 0 Å². The summed E-state index contributed by atoms with van der Waals surface area (Å²) in [5.74, 6) is -0.928. The molecule has 5 nitrogen and oxygen atoms in total. The average molecular weight is 260 g/mol. The number of carboxylic acids is 1. The molecule has 1 unspecified atom stereocenters. The van der Waals surface area contributed by atoms with Gasteiger partial charge in [0.25, 0.3) is 0 Å². The molecule has 0 spiro atoms. The summed E-state index contributed by atoms with van der Waals surface area (Å²) in [5.41, 5.74) is 1.78. The van der Waals surface area contributed by atoms with E-state index in [4.69, 9.17) is 9.84 Å². The van der Waals surface area contributed by atoms with Crippen molar-refractivity contribution in [3.05, 3.63) is 30.1 Å². The van der Waals surface area contributed by atoms with E-state index in [9.17, 15) is 4.79 Å². The number of hydrogen-bond donors (Lipinski definition) is 1. The number of aromatic nitrogens is 2. The molecule has 1 N–H and O–H groups in total. The molecule has 0 bridgehead atoms. The van der Waals surface area contributed by atoms with Crippen molar-refractivity contribution >= 4 is 17.0 Å². The number of ether oxygens (including phenoxy) is 1. The van der Waals surface area contributed by atoms with E-state index < -0.39 is 5.97 Å². The number of carboxylic acid groups (broad SMARTS) is 1. The van der Waals surface area contributed by atoms with Crippen molar-refractivity contribution in [2.45, 2.75) is 31.9 Å². The van der Waals surface area contributed by atoms with Crippen molar-refractivity contribution < 1.29 is 14.6 Å². The smallest absolute Gasteiger partial charge is 0.335 e. The highest BCUT2D eigenvalue weighted by atomic mass is 16.5. The topological polar surface area (TPSA) is 64.4 Å². The van der Waals surface area contributed by atoms with Gasteiger partial charge in [0, 0.05) is 6.61 Å². The number of imidazole rings is 1. The van der Waals surface area contributed by atoms with E-state index in [0.717, 1.165) is 31.5 Å². The minimum absolute atomic E-state index is 0.140. The van der Waals surface area contributed by atoms with Crippen LogP contribution in [0.15, 0.2) is 24.5 Å². The Balaban J connectivity index is 1.94. The first-order valence-corrected chi connectivity index (χ1v) is 6.40. The summed E-state index contributed by atoms with van der Waals surface area (Å²) in [6.07, 6.45) is 3.88. The normalized spacial score (nSPS) is 23.0. The number of fused-ring (bicyclic) bond motifs is 1. The molecule has 0 radical (unpaired) electrons. The lowest BCUT2D eigenvalue weighted by Crippen LogP contribution is -2.29. The Morgan fingerprint density at radius 3 is 3.11 bits per heavy atom. The Morgan fingerprint density at radius 2 is 2.42 bits per heavy atom. The molecule has 2 aromatic rings. The molecule has 1 aliphatic rings. The molecule has 100 valence electrons. The van der Waals surface area contributed by atoms with Crippen LogP contribution in [0.5, 0.6) is 0 Å². The highest BCUT2D eigenvalue weighted by Gasteiger charge is 2.30. The monoisotopic (exact) mass is 260 g/mol. The van der Waals surface area contributed by atoms with E-state index >= 15 is 0 Å². The molecule has 1 aliphatic heterocycles. The Hall–Kier alpha value is -1.88. The Morgan fingerprint density at radius 1 is 1.58 bits per heavy atom. The molecule has 0 saturated carbocycles. The number of hydrogen-bond acceptors (Lipinski definition) is 3. The first kappa shape index (κ1) is 12.2. The van der Waals surface area contributed by atoms with Crippen LogP contribution < -0.4 is 0 Å². The van der Waals surface area contributed by atoms with Gasteiger partial charge < -0.3 is 14.4 Å². The predicted octanol–water partition coefficient (Wildman–Crippen LogP) is 2.30. The first-order valence-electron chi connectivity index (χ1n) is 6.40. The maximum atomic E-state index is 10.9. The molecule has 1 aromatic heterocycles. The van der Waals surface area contributed by atoms with E-state index in [-0.39, 0.29) is 11.2 Å². The molecule has 1 atom stereocenters. The molecule has 1 fully saturated rings. The van der Waals surface area contributed by atoms with Gasteiger partial charge in [0.05, 0.1) is 35.1 Å². The molecule has 3 rings (SSSR count). The fourth-order valence-electron chi connectivity index (χ4n) is 2.64. The highest BCUT2D eigenvalue weighted by molar-refractivity contribution is 5.92. The zero-order valence-corrected chi connectivity index (χ0v) is 10.8. The van der Waals surface area contributed by atoms with Crippen molar-refractivity contribution in [2.24, 2.45) is 0 Å². The van der Waals surface area contributed by atoms with Crippen molar-refractivity contribution in [1.29, 1.82) is 0 Å². The van der Waals surface area contributed by atoms with E-state index in [1.807, 2.05) is 10.6 Å². The van der Waals surface area contributed by atoms with Crippen LogP contribution in [0.3, 0.4) is 0 Å². The SMILES string of the molecule is CC1(Cn2cnc3cc(C(=O)O)ccc32)CCCO1. The average Bonchev–Trinajstić information content (AvgIpc) is 2.97. The largest absolute Gasteiger partial charge is 0.478 e. The Kier molecular flexibility index (Phi) is 2.78. The molecule has 0 aliphatic carbocycles. The van der Waals surface area contributed by atoms with Gasteiger partial charge in [-0.1, -0.05) is 0 Å². The van der Waals surface area contributed by atoms with Crippen molar-refractivity contribution in [3.63, 3.8) is 0 Å². The van der Waals surface area contributed by atoms with Crippen LogP contribution in [0.25, 0.3) is 11.0 Å². The molecule has 19 heavy (non-hydrogen) atoms. The lowest BCUT2D eigenvalue weighted by Gasteiger charge is -2.23. The third-order valence-corrected chi connectivity index (χ3v) is 3.67. The van der Waals surface area contributed by atoms with E-state index in [0.29, 0.717) is 5.52 Å². The summed E-state index contributed by atoms with van der Waals surface area (Å²) < 4.78 is 7.82. The lowest BCUT2D eigenvalue weighted by atomic mass is 10.0. The standard InChI is InChI=1S/C14H16N2O3/c1-14(5-2-6-19-14)8-16-9-15-11-7-10(13(17)18)3-4-12(11)16/h3-4,7,9H,2,5-6,8H2,1H3,(H,17,18). The molecule has 5 heteroatoms. The fraction of sp³-hybridized carbons (Fsp3) is 0.429. The van der Waals surface area contributed by atoms with Crippen LogP contribution in [-0.4, -0.2) is 32.8 Å². The number of benzene rings is 1. The van der Waals surface area contributed by atoms with Crippen molar-refractivity contribution in [3.8, 4) is 0 Å². The van der Waals surface area contributed by atoms with E-state index in [1.54, 1.807) is 18.5 Å². The van der Waals surface area contributed by atoms with Crippen molar-refractivity contribution in [1.82, 2.24) is 9.55 Å². The van der Waals surface area contributed by atoms with Gasteiger partial charge >= 0.3 is 5.97 Å². The van der Waals surface area contributed by atoms with E-state index in [1.165, 1.54) is 0 Å². The molecular weight excluding hydrogens is 244 g/mol. The van der Waals surface area contributed by atoms with Crippen LogP contribution >= 0.6 is 0 Å². The minimum atomic E-state index is -0.928. The summed E-state index contributed by atoms with van der Waals surface area (Å²) in [4.78, 5) is 15.2. The highest BCUT2D eigenvalue weighted by Crippen LogP contribution is 2.28. The van der Waals surface area contributed by atoms with Gasteiger partial charge in [-0.2, -0.15) is 0 Å². The Labute approximate surface area is 110 Å². The van der Waals surface area contributed by atoms with Crippen LogP contribution in [0.4, 0.5) is 0 Å². The summed E-state index contributed by atoms with van der Waals surface area (Å²) in [7, 11) is 0. The van der Waals surface area contributed by atoms with Gasteiger partial charge in [0.15, 0.2) is 0 Å². The second-order valence-corrected chi connectivity index (χ2v) is 5.28. The summed E-state index contributed by atoms with van der Waals surface area (Å²) >= 11 is 0. The zero-order valence-electron chi connectivity index (χ0n) is 10.8. The first-order chi connectivity index (χ1) is 9.07. The number of nitrogens with zero attached hydrogens (tertiary/aromatic N) is 2. The summed E-state index contributed by atoms with van der Waals surface area (Å²) in [6, 6.07) is 5.02. The van der Waals surface area contributed by atoms with Gasteiger partial charge in [-0.05, 0) is 38.0 Å². The molecule has 1 saturated heterocycles. The van der Waals surface area contributed by atoms with Gasteiger partial charge in [0.2, 0.25) is 0 Å². The lowest BCUT2D eigenvalue weighted by molar-refractivity contribution is 0.00705. The van der Waals surface area contributed by atoms with Gasteiger partial charge in [-0.15, -0.1) is 0 Å². The summed E-state index contributed by atoms with van der Waals surface area (Å²) in [6.45, 7) is 3.67. The number of rotatable bonds is 3. The Bertz CT molecular complexity index is 627. The molecule has 1 aromatic carbocycles. The minimum Gasteiger partial charge on any atom is -0.478 e. The van der Waals surface area contributed by atoms with Crippen LogP contribution in [-0.2, 0) is 11.3 Å². The second kappa shape index (κ2) is 4.35. The van der Waals surface area contributed by atoms with Crippen molar-refractivity contribution in [2.75, 3.05) is 6.61 Å². The van der Waals surface area contributed by atoms with E-state index in [2.05, 4.69) is 11.9 Å². The maximum absolute atomic E-state index is 10.9. The fourth-order valence-corrected chi connectivity index (χ4v) is 2.64. The third-order valence-electron chi connectivity index (χ3n) is 3.67. The molecule has 2 heterocycles. The van der Waals surface area contributed by atoms with Crippen LogP contribution in [0.1, 0.15) is 30.1 Å². The number of aromatic carboxylic acids is 1. The quantitative estimate of drug-likeness (QED) is 0.919.